The first-order chi connectivity index (χ1) is 17.9. The van der Waals surface area contributed by atoms with E-state index >= 15 is 0 Å². The molecule has 0 aromatic heterocycles. The van der Waals surface area contributed by atoms with E-state index in [4.69, 9.17) is 14.2 Å². The smallest absolute Gasteiger partial charge is 0.340 e. The van der Waals surface area contributed by atoms with Gasteiger partial charge in [-0.05, 0) is 67.1 Å². The molecule has 0 fully saturated rings. The lowest BCUT2D eigenvalue weighted by Crippen LogP contribution is -2.24. The average molecular weight is 499 g/mol. The number of para-hydroxylation sites is 1. The minimum absolute atomic E-state index is 0.154. The number of anilines is 2. The molecule has 8 nitrogen and oxygen atoms in total. The summed E-state index contributed by atoms with van der Waals surface area (Å²) in [5, 5.41) is 2.75. The Morgan fingerprint density at radius 3 is 2.16 bits per heavy atom. The molecule has 37 heavy (non-hydrogen) atoms. The van der Waals surface area contributed by atoms with E-state index in [2.05, 4.69) is 5.32 Å². The summed E-state index contributed by atoms with van der Waals surface area (Å²) >= 11 is 0. The van der Waals surface area contributed by atoms with Crippen LogP contribution in [-0.2, 0) is 19.1 Å². The number of allylic oxidation sites excluding steroid dienone is 1. The normalized spacial score (nSPS) is 14.1. The molecule has 3 aromatic carbocycles. The Hall–Kier alpha value is -4.85. The summed E-state index contributed by atoms with van der Waals surface area (Å²) in [6.07, 6.45) is 1.63. The van der Waals surface area contributed by atoms with E-state index in [1.807, 2.05) is 18.2 Å². The fourth-order valence-electron chi connectivity index (χ4n) is 3.92. The number of methoxy groups -OCH3 is 2. The molecule has 0 unspecified atom stereocenters. The second-order valence-corrected chi connectivity index (χ2v) is 8.12. The minimum Gasteiger partial charge on any atom is -0.497 e. The zero-order valence-electron chi connectivity index (χ0n) is 20.7. The fraction of sp³-hybridized carbons (Fsp3) is 0.138. The molecule has 3 aromatic rings. The summed E-state index contributed by atoms with van der Waals surface area (Å²) in [5.41, 5.74) is 2.85. The van der Waals surface area contributed by atoms with E-state index in [1.54, 1.807) is 80.8 Å². The molecule has 1 aliphatic rings. The highest BCUT2D eigenvalue weighted by molar-refractivity contribution is 6.23. The maximum Gasteiger partial charge on any atom is 0.340 e. The lowest BCUT2D eigenvalue weighted by Gasteiger charge is -2.18. The number of rotatable bonds is 8. The van der Waals surface area contributed by atoms with Crippen LogP contribution in [0.1, 0.15) is 12.5 Å². The average Bonchev–Trinajstić information content (AvgIpc) is 3.17. The summed E-state index contributed by atoms with van der Waals surface area (Å²) in [7, 11) is 2.84. The Morgan fingerprint density at radius 2 is 1.54 bits per heavy atom. The van der Waals surface area contributed by atoms with E-state index in [9.17, 15) is 14.4 Å². The fourth-order valence-corrected chi connectivity index (χ4v) is 3.92. The largest absolute Gasteiger partial charge is 0.497 e. The maximum atomic E-state index is 13.4. The topological polar surface area (TPSA) is 94.2 Å². The molecule has 1 N–H and O–H groups in total. The third kappa shape index (κ3) is 5.70. The summed E-state index contributed by atoms with van der Waals surface area (Å²) in [6, 6.07) is 23.0. The molecule has 4 rings (SSSR count). The molecular formula is C29H26N2O6. The van der Waals surface area contributed by atoms with Gasteiger partial charge < -0.3 is 19.5 Å². The Labute approximate surface area is 214 Å². The van der Waals surface area contributed by atoms with Crippen LogP contribution >= 0.6 is 0 Å². The van der Waals surface area contributed by atoms with Crippen molar-refractivity contribution >= 4 is 35.2 Å². The number of nitrogens with one attached hydrogen (secondary N) is 1. The second-order valence-electron chi connectivity index (χ2n) is 8.12. The summed E-state index contributed by atoms with van der Waals surface area (Å²) < 4.78 is 15.7. The van der Waals surface area contributed by atoms with Gasteiger partial charge in [-0.1, -0.05) is 30.3 Å². The third-order valence-electron chi connectivity index (χ3n) is 5.74. The number of ether oxygens (including phenoxy) is 3. The molecule has 0 spiro atoms. The first-order valence-corrected chi connectivity index (χ1v) is 11.5. The highest BCUT2D eigenvalue weighted by Gasteiger charge is 2.37. The van der Waals surface area contributed by atoms with E-state index < -0.39 is 5.97 Å². The van der Waals surface area contributed by atoms with Crippen molar-refractivity contribution in [3.05, 3.63) is 101 Å². The van der Waals surface area contributed by atoms with Crippen molar-refractivity contribution in [3.8, 4) is 11.5 Å². The Balaban J connectivity index is 1.51. The highest BCUT2D eigenvalue weighted by atomic mass is 16.5. The molecular weight excluding hydrogens is 472 g/mol. The van der Waals surface area contributed by atoms with E-state index in [0.29, 0.717) is 34.1 Å². The van der Waals surface area contributed by atoms with Gasteiger partial charge in [0.25, 0.3) is 11.8 Å². The molecule has 1 heterocycles. The van der Waals surface area contributed by atoms with Gasteiger partial charge in [0.05, 0.1) is 25.4 Å². The molecule has 2 amide bonds. The van der Waals surface area contributed by atoms with E-state index in [1.165, 1.54) is 12.0 Å². The van der Waals surface area contributed by atoms with Crippen LogP contribution in [0.2, 0.25) is 0 Å². The van der Waals surface area contributed by atoms with Crippen LogP contribution in [0.3, 0.4) is 0 Å². The molecule has 8 heteroatoms. The summed E-state index contributed by atoms with van der Waals surface area (Å²) in [5.74, 6) is -0.0851. The van der Waals surface area contributed by atoms with Crippen LogP contribution in [0.4, 0.5) is 11.4 Å². The minimum atomic E-state index is -0.600. The Kier molecular flexibility index (Phi) is 7.68. The van der Waals surface area contributed by atoms with Gasteiger partial charge >= 0.3 is 5.97 Å². The molecule has 0 saturated heterocycles. The standard InChI is InChI=1S/C29H26N2O6/c1-19-27(29(34)36-3)25(28(33)31(19)22-11-15-23(35-2)16-12-22)17-20-9-13-24(14-10-20)37-18-26(32)30-21-7-5-4-6-8-21/h4-17H,18H2,1-3H3,(H,30,32)/b25-17-. The predicted molar refractivity (Wildman–Crippen MR) is 140 cm³/mol. The van der Waals surface area contributed by atoms with Crippen molar-refractivity contribution in [2.24, 2.45) is 0 Å². The zero-order valence-corrected chi connectivity index (χ0v) is 20.7. The lowest BCUT2D eigenvalue weighted by atomic mass is 10.0. The molecule has 0 saturated carbocycles. The molecule has 0 bridgehead atoms. The summed E-state index contributed by atoms with van der Waals surface area (Å²) in [6.45, 7) is 1.55. The number of hydrogen-bond donors (Lipinski definition) is 1. The van der Waals surface area contributed by atoms with Crippen LogP contribution in [0.25, 0.3) is 6.08 Å². The summed E-state index contributed by atoms with van der Waals surface area (Å²) in [4.78, 5) is 39.6. The van der Waals surface area contributed by atoms with Crippen molar-refractivity contribution < 1.29 is 28.6 Å². The van der Waals surface area contributed by atoms with Crippen molar-refractivity contribution in [2.45, 2.75) is 6.92 Å². The monoisotopic (exact) mass is 498 g/mol. The Bertz CT molecular complexity index is 1360. The van der Waals surface area contributed by atoms with Gasteiger partial charge in [0.1, 0.15) is 11.5 Å². The van der Waals surface area contributed by atoms with Gasteiger partial charge in [0.2, 0.25) is 0 Å². The van der Waals surface area contributed by atoms with E-state index in [-0.39, 0.29) is 29.6 Å². The number of hydrogen-bond acceptors (Lipinski definition) is 6. The SMILES string of the molecule is COC(=O)C1=C(C)N(c2ccc(OC)cc2)C(=O)/C1=C\c1ccc(OCC(=O)Nc2ccccc2)cc1. The van der Waals surface area contributed by atoms with Crippen LogP contribution < -0.4 is 19.7 Å². The van der Waals surface area contributed by atoms with Crippen molar-refractivity contribution in [1.29, 1.82) is 0 Å². The maximum absolute atomic E-state index is 13.4. The van der Waals surface area contributed by atoms with Crippen LogP contribution in [0.15, 0.2) is 95.7 Å². The zero-order chi connectivity index (χ0) is 26.4. The number of benzene rings is 3. The highest BCUT2D eigenvalue weighted by Crippen LogP contribution is 2.36. The van der Waals surface area contributed by atoms with Crippen LogP contribution in [-0.4, -0.2) is 38.6 Å². The van der Waals surface area contributed by atoms with Crippen molar-refractivity contribution in [2.75, 3.05) is 31.0 Å². The van der Waals surface area contributed by atoms with Gasteiger partial charge in [-0.2, -0.15) is 0 Å². The second kappa shape index (κ2) is 11.3. The van der Waals surface area contributed by atoms with Gasteiger partial charge in [-0.25, -0.2) is 4.79 Å². The van der Waals surface area contributed by atoms with Gasteiger partial charge in [0.15, 0.2) is 6.61 Å². The predicted octanol–water partition coefficient (Wildman–Crippen LogP) is 4.59. The number of esters is 1. The van der Waals surface area contributed by atoms with Crippen molar-refractivity contribution in [3.63, 3.8) is 0 Å². The van der Waals surface area contributed by atoms with Gasteiger partial charge in [-0.15, -0.1) is 0 Å². The van der Waals surface area contributed by atoms with Crippen LogP contribution in [0, 0.1) is 0 Å². The number of amides is 2. The molecule has 1 aliphatic heterocycles. The molecule has 0 radical (unpaired) electrons. The van der Waals surface area contributed by atoms with Gasteiger partial charge in [0, 0.05) is 17.1 Å². The quantitative estimate of drug-likeness (QED) is 0.361. The number of carbonyl (C=O) groups excluding carboxylic acids is 3. The molecule has 0 atom stereocenters. The number of nitrogens with zero attached hydrogens (tertiary/aromatic N) is 1. The third-order valence-corrected chi connectivity index (χ3v) is 5.74. The first-order valence-electron chi connectivity index (χ1n) is 11.5. The van der Waals surface area contributed by atoms with E-state index in [0.717, 1.165) is 0 Å². The molecule has 188 valence electrons. The van der Waals surface area contributed by atoms with Crippen molar-refractivity contribution in [1.82, 2.24) is 0 Å². The number of carbonyl (C=O) groups is 3. The molecule has 0 aliphatic carbocycles. The first kappa shape index (κ1) is 25.2. The Morgan fingerprint density at radius 1 is 0.892 bits per heavy atom. The van der Waals surface area contributed by atoms with Gasteiger partial charge in [-0.3, -0.25) is 14.5 Å². The van der Waals surface area contributed by atoms with Crippen LogP contribution in [0.5, 0.6) is 11.5 Å². The lowest BCUT2D eigenvalue weighted by molar-refractivity contribution is -0.136.